The second kappa shape index (κ2) is 5.02. The van der Waals surface area contributed by atoms with Crippen LogP contribution < -0.4 is 11.1 Å². The molecule has 18 heavy (non-hydrogen) atoms. The molecule has 0 aliphatic carbocycles. The average molecular weight is 307 g/mol. The highest BCUT2D eigenvalue weighted by atomic mass is 79.9. The van der Waals surface area contributed by atoms with Crippen LogP contribution in [0.25, 0.3) is 0 Å². The van der Waals surface area contributed by atoms with Gasteiger partial charge in [-0.1, -0.05) is 0 Å². The van der Waals surface area contributed by atoms with E-state index in [1.807, 2.05) is 6.07 Å². The molecule has 0 aliphatic heterocycles. The van der Waals surface area contributed by atoms with Crippen molar-refractivity contribution in [3.05, 3.63) is 46.3 Å². The van der Waals surface area contributed by atoms with Crippen LogP contribution in [0.4, 0.5) is 21.6 Å². The first kappa shape index (κ1) is 12.3. The Kier molecular flexibility index (Phi) is 3.44. The molecule has 6 heteroatoms. The Balaban J connectivity index is 2.37. The predicted octanol–water partition coefficient (Wildman–Crippen LogP) is 3.18. The zero-order valence-electron chi connectivity index (χ0n) is 9.11. The maximum absolute atomic E-state index is 13.0. The zero-order chi connectivity index (χ0) is 13.1. The van der Waals surface area contributed by atoms with Gasteiger partial charge in [0.05, 0.1) is 16.9 Å². The smallest absolute Gasteiger partial charge is 0.153 e. The van der Waals surface area contributed by atoms with Crippen LogP contribution in [0.3, 0.4) is 0 Å². The number of hydrogen-bond acceptors (Lipinski definition) is 4. The molecule has 0 aliphatic rings. The van der Waals surface area contributed by atoms with Crippen LogP contribution in [0.2, 0.25) is 0 Å². The molecule has 0 fully saturated rings. The third-order valence-corrected chi connectivity index (χ3v) is 2.67. The molecule has 1 aromatic carbocycles. The highest BCUT2D eigenvalue weighted by molar-refractivity contribution is 9.10. The van der Waals surface area contributed by atoms with E-state index in [9.17, 15) is 4.39 Å². The van der Waals surface area contributed by atoms with Crippen LogP contribution in [0.5, 0.6) is 0 Å². The molecule has 2 aromatic rings. The van der Waals surface area contributed by atoms with Crippen molar-refractivity contribution in [2.24, 2.45) is 0 Å². The minimum atomic E-state index is -0.464. The van der Waals surface area contributed by atoms with Gasteiger partial charge in [-0.25, -0.2) is 9.37 Å². The SMILES string of the molecule is N#Cc1cc(F)ccc1Nc1ncc(Br)cc1N. The Morgan fingerprint density at radius 1 is 1.39 bits per heavy atom. The van der Waals surface area contributed by atoms with Gasteiger partial charge in [-0.3, -0.25) is 0 Å². The maximum atomic E-state index is 13.0. The van der Waals surface area contributed by atoms with Gasteiger partial charge < -0.3 is 11.1 Å². The van der Waals surface area contributed by atoms with Gasteiger partial charge in [0.1, 0.15) is 11.9 Å². The molecular formula is C12H8BrFN4. The third-order valence-electron chi connectivity index (χ3n) is 2.24. The number of halogens is 2. The number of nitriles is 1. The fraction of sp³-hybridized carbons (Fsp3) is 0. The fourth-order valence-electron chi connectivity index (χ4n) is 1.40. The molecule has 0 atom stereocenters. The van der Waals surface area contributed by atoms with E-state index in [-0.39, 0.29) is 5.56 Å². The van der Waals surface area contributed by atoms with Crippen molar-refractivity contribution in [1.29, 1.82) is 5.26 Å². The van der Waals surface area contributed by atoms with Gasteiger partial charge in [0.2, 0.25) is 0 Å². The van der Waals surface area contributed by atoms with Gasteiger partial charge in [0.25, 0.3) is 0 Å². The summed E-state index contributed by atoms with van der Waals surface area (Å²) in [6.07, 6.45) is 1.58. The number of anilines is 3. The summed E-state index contributed by atoms with van der Waals surface area (Å²) in [5, 5.41) is 11.8. The van der Waals surface area contributed by atoms with E-state index >= 15 is 0 Å². The van der Waals surface area contributed by atoms with E-state index < -0.39 is 5.82 Å². The number of nitrogens with one attached hydrogen (secondary N) is 1. The van der Waals surface area contributed by atoms with Crippen LogP contribution in [0.1, 0.15) is 5.56 Å². The minimum Gasteiger partial charge on any atom is -0.396 e. The van der Waals surface area contributed by atoms with Crippen molar-refractivity contribution in [2.75, 3.05) is 11.1 Å². The van der Waals surface area contributed by atoms with E-state index in [4.69, 9.17) is 11.0 Å². The maximum Gasteiger partial charge on any atom is 0.153 e. The van der Waals surface area contributed by atoms with Gasteiger partial charge in [-0.05, 0) is 40.2 Å². The molecule has 0 bridgehead atoms. The molecule has 0 radical (unpaired) electrons. The highest BCUT2D eigenvalue weighted by Crippen LogP contribution is 2.25. The van der Waals surface area contributed by atoms with Crippen LogP contribution in [0.15, 0.2) is 34.9 Å². The molecule has 1 aromatic heterocycles. The topological polar surface area (TPSA) is 74.7 Å². The van der Waals surface area contributed by atoms with Crippen molar-refractivity contribution in [3.8, 4) is 6.07 Å². The van der Waals surface area contributed by atoms with Gasteiger partial charge >= 0.3 is 0 Å². The Hall–Kier alpha value is -2.13. The van der Waals surface area contributed by atoms with Crippen LogP contribution >= 0.6 is 15.9 Å². The van der Waals surface area contributed by atoms with E-state index in [0.717, 1.165) is 10.5 Å². The van der Waals surface area contributed by atoms with Gasteiger partial charge in [0, 0.05) is 10.7 Å². The normalized spacial score (nSPS) is 9.83. The Morgan fingerprint density at radius 2 is 2.17 bits per heavy atom. The van der Waals surface area contributed by atoms with E-state index in [1.165, 1.54) is 12.1 Å². The first-order chi connectivity index (χ1) is 8.60. The number of pyridine rings is 1. The van der Waals surface area contributed by atoms with Crippen molar-refractivity contribution < 1.29 is 4.39 Å². The fourth-order valence-corrected chi connectivity index (χ4v) is 1.75. The number of rotatable bonds is 2. The third kappa shape index (κ3) is 2.57. The minimum absolute atomic E-state index is 0.194. The first-order valence-corrected chi connectivity index (χ1v) is 5.77. The first-order valence-electron chi connectivity index (χ1n) is 4.98. The second-order valence-electron chi connectivity index (χ2n) is 3.52. The molecular weight excluding hydrogens is 299 g/mol. The number of nitrogens with two attached hydrogens (primary N) is 1. The molecule has 1 heterocycles. The predicted molar refractivity (Wildman–Crippen MR) is 70.7 cm³/mol. The second-order valence-corrected chi connectivity index (χ2v) is 4.43. The summed E-state index contributed by atoms with van der Waals surface area (Å²) in [7, 11) is 0. The molecule has 0 amide bonds. The molecule has 0 saturated carbocycles. The quantitative estimate of drug-likeness (QED) is 0.893. The molecule has 0 spiro atoms. The number of nitrogen functional groups attached to an aromatic ring is 1. The monoisotopic (exact) mass is 306 g/mol. The standard InChI is InChI=1S/C12H8BrFN4/c13-8-4-10(16)12(17-6-8)18-11-2-1-9(14)3-7(11)5-15/h1-4,6H,16H2,(H,17,18). The molecule has 4 nitrogen and oxygen atoms in total. The lowest BCUT2D eigenvalue weighted by atomic mass is 10.2. The van der Waals surface area contributed by atoms with Crippen molar-refractivity contribution in [3.63, 3.8) is 0 Å². The van der Waals surface area contributed by atoms with E-state index in [2.05, 4.69) is 26.2 Å². The van der Waals surface area contributed by atoms with E-state index in [0.29, 0.717) is 17.2 Å². The number of nitrogens with zero attached hydrogens (tertiary/aromatic N) is 2. The number of benzene rings is 1. The average Bonchev–Trinajstić information content (AvgIpc) is 2.34. The Bertz CT molecular complexity index is 636. The number of hydrogen-bond donors (Lipinski definition) is 2. The Labute approximate surface area is 111 Å². The summed E-state index contributed by atoms with van der Waals surface area (Å²) >= 11 is 3.25. The van der Waals surface area contributed by atoms with Crippen LogP contribution in [0, 0.1) is 17.1 Å². The van der Waals surface area contributed by atoms with Crippen molar-refractivity contribution >= 4 is 33.1 Å². The van der Waals surface area contributed by atoms with Gasteiger partial charge in [-0.2, -0.15) is 5.26 Å². The number of aromatic nitrogens is 1. The lowest BCUT2D eigenvalue weighted by Crippen LogP contribution is -2.00. The molecule has 90 valence electrons. The lowest BCUT2D eigenvalue weighted by molar-refractivity contribution is 0.627. The van der Waals surface area contributed by atoms with Gasteiger partial charge in [0.15, 0.2) is 5.82 Å². The van der Waals surface area contributed by atoms with Gasteiger partial charge in [-0.15, -0.1) is 0 Å². The molecule has 0 saturated heterocycles. The van der Waals surface area contributed by atoms with Crippen LogP contribution in [-0.2, 0) is 0 Å². The lowest BCUT2D eigenvalue weighted by Gasteiger charge is -2.09. The largest absolute Gasteiger partial charge is 0.396 e. The molecule has 2 rings (SSSR count). The summed E-state index contributed by atoms with van der Waals surface area (Å²) < 4.78 is 13.7. The molecule has 0 unspecified atom stereocenters. The van der Waals surface area contributed by atoms with Crippen LogP contribution in [-0.4, -0.2) is 4.98 Å². The molecule has 3 N–H and O–H groups in total. The van der Waals surface area contributed by atoms with Crippen molar-refractivity contribution in [1.82, 2.24) is 4.98 Å². The zero-order valence-corrected chi connectivity index (χ0v) is 10.7. The summed E-state index contributed by atoms with van der Waals surface area (Å²) in [4.78, 5) is 4.08. The summed E-state index contributed by atoms with van der Waals surface area (Å²) in [5.74, 6) is -0.0462. The summed E-state index contributed by atoms with van der Waals surface area (Å²) in [5.41, 5.74) is 6.86. The van der Waals surface area contributed by atoms with E-state index in [1.54, 1.807) is 12.3 Å². The van der Waals surface area contributed by atoms with Crippen molar-refractivity contribution in [2.45, 2.75) is 0 Å². The summed E-state index contributed by atoms with van der Waals surface area (Å²) in [6, 6.07) is 7.47. The Morgan fingerprint density at radius 3 is 2.83 bits per heavy atom. The highest BCUT2D eigenvalue weighted by Gasteiger charge is 2.07. The summed E-state index contributed by atoms with van der Waals surface area (Å²) in [6.45, 7) is 0.